The Morgan fingerprint density at radius 1 is 1.43 bits per heavy atom. The fourth-order valence-electron chi connectivity index (χ4n) is 3.20. The molecule has 0 aromatic carbocycles. The van der Waals surface area contributed by atoms with Crippen LogP contribution in [0, 0.1) is 5.41 Å². The summed E-state index contributed by atoms with van der Waals surface area (Å²) in [5.41, 5.74) is -0.608. The lowest BCUT2D eigenvalue weighted by molar-refractivity contribution is -0.153. The maximum Gasteiger partial charge on any atom is 0.310 e. The summed E-state index contributed by atoms with van der Waals surface area (Å²) < 4.78 is 5.19. The molecule has 2 rings (SSSR count). The number of rotatable bonds is 7. The molecule has 21 heavy (non-hydrogen) atoms. The highest BCUT2D eigenvalue weighted by atomic mass is 16.5. The van der Waals surface area contributed by atoms with E-state index in [-0.39, 0.29) is 0 Å². The fourth-order valence-corrected chi connectivity index (χ4v) is 3.20. The second-order valence-electron chi connectivity index (χ2n) is 6.00. The van der Waals surface area contributed by atoms with Gasteiger partial charge in [0, 0.05) is 13.0 Å². The van der Waals surface area contributed by atoms with Crippen LogP contribution in [0.5, 0.6) is 0 Å². The predicted octanol–water partition coefficient (Wildman–Crippen LogP) is 2.49. The number of aliphatic carboxylic acids is 1. The molecule has 0 radical (unpaired) electrons. The summed E-state index contributed by atoms with van der Waals surface area (Å²) in [7, 11) is 0. The van der Waals surface area contributed by atoms with Crippen molar-refractivity contribution in [1.82, 2.24) is 15.0 Å². The smallest absolute Gasteiger partial charge is 0.310 e. The minimum Gasteiger partial charge on any atom is -0.481 e. The molecule has 1 saturated heterocycles. The predicted molar refractivity (Wildman–Crippen MR) is 77.8 cm³/mol. The summed E-state index contributed by atoms with van der Waals surface area (Å²) in [6.45, 7) is 6.16. The number of hydrogen-bond donors (Lipinski definition) is 1. The van der Waals surface area contributed by atoms with Gasteiger partial charge in [-0.1, -0.05) is 25.4 Å². The molecule has 1 atom stereocenters. The minimum absolute atomic E-state index is 0.575. The van der Waals surface area contributed by atoms with E-state index in [0.29, 0.717) is 24.8 Å². The molecule has 6 heteroatoms. The summed E-state index contributed by atoms with van der Waals surface area (Å²) in [5.74, 6) is 0.660. The van der Waals surface area contributed by atoms with Crippen LogP contribution in [0.1, 0.15) is 57.7 Å². The second kappa shape index (κ2) is 7.02. The Balaban J connectivity index is 2.01. The van der Waals surface area contributed by atoms with Crippen molar-refractivity contribution in [3.63, 3.8) is 0 Å². The van der Waals surface area contributed by atoms with Crippen molar-refractivity contribution in [2.45, 2.75) is 58.9 Å². The molecule has 1 N–H and O–H groups in total. The first kappa shape index (κ1) is 15.9. The van der Waals surface area contributed by atoms with Gasteiger partial charge in [0.25, 0.3) is 0 Å². The van der Waals surface area contributed by atoms with Crippen LogP contribution in [0.15, 0.2) is 4.52 Å². The molecular weight excluding hydrogens is 270 g/mol. The van der Waals surface area contributed by atoms with E-state index in [1.54, 1.807) is 0 Å². The van der Waals surface area contributed by atoms with Crippen LogP contribution in [-0.4, -0.2) is 39.2 Å². The van der Waals surface area contributed by atoms with Crippen LogP contribution < -0.4 is 0 Å². The Morgan fingerprint density at radius 3 is 2.90 bits per heavy atom. The van der Waals surface area contributed by atoms with Crippen molar-refractivity contribution >= 4 is 5.97 Å². The minimum atomic E-state index is -0.672. The Morgan fingerprint density at radius 2 is 2.24 bits per heavy atom. The average Bonchev–Trinajstić information content (AvgIpc) is 2.87. The van der Waals surface area contributed by atoms with E-state index < -0.39 is 11.4 Å². The molecule has 118 valence electrons. The van der Waals surface area contributed by atoms with Crippen molar-refractivity contribution in [3.8, 4) is 0 Å². The Hall–Kier alpha value is -1.43. The lowest BCUT2D eigenvalue weighted by Crippen LogP contribution is -2.47. The summed E-state index contributed by atoms with van der Waals surface area (Å²) in [6.07, 6.45) is 5.06. The zero-order chi connectivity index (χ0) is 15.3. The van der Waals surface area contributed by atoms with Gasteiger partial charge in [0.15, 0.2) is 5.82 Å². The van der Waals surface area contributed by atoms with E-state index >= 15 is 0 Å². The number of carboxylic acids is 1. The highest BCUT2D eigenvalue weighted by Crippen LogP contribution is 2.35. The first-order valence-electron chi connectivity index (χ1n) is 7.87. The molecule has 1 aromatic rings. The molecule has 0 bridgehead atoms. The molecular formula is C15H25N3O3. The van der Waals surface area contributed by atoms with Gasteiger partial charge in [0.05, 0.1) is 12.0 Å². The van der Waals surface area contributed by atoms with Crippen LogP contribution in [0.3, 0.4) is 0 Å². The zero-order valence-electron chi connectivity index (χ0n) is 13.0. The van der Waals surface area contributed by atoms with Gasteiger partial charge in [-0.25, -0.2) is 0 Å². The van der Waals surface area contributed by atoms with Crippen LogP contribution >= 0.6 is 0 Å². The van der Waals surface area contributed by atoms with Gasteiger partial charge in [-0.3, -0.25) is 9.69 Å². The van der Waals surface area contributed by atoms with Gasteiger partial charge in [0.2, 0.25) is 5.89 Å². The van der Waals surface area contributed by atoms with Crippen LogP contribution in [0.2, 0.25) is 0 Å². The molecule has 1 fully saturated rings. The van der Waals surface area contributed by atoms with Crippen LogP contribution in [0.25, 0.3) is 0 Å². The number of carbonyl (C=O) groups is 1. The quantitative estimate of drug-likeness (QED) is 0.832. The average molecular weight is 295 g/mol. The number of likely N-dealkylation sites (tertiary alicyclic amines) is 1. The third kappa shape index (κ3) is 3.81. The number of aryl methyl sites for hydroxylation is 1. The van der Waals surface area contributed by atoms with Gasteiger partial charge in [0.1, 0.15) is 0 Å². The van der Waals surface area contributed by atoms with E-state index in [9.17, 15) is 9.90 Å². The maximum atomic E-state index is 11.7. The Bertz CT molecular complexity index is 470. The van der Waals surface area contributed by atoms with Crippen molar-refractivity contribution in [1.29, 1.82) is 0 Å². The first-order valence-corrected chi connectivity index (χ1v) is 7.87. The first-order chi connectivity index (χ1) is 10.1. The number of piperidine rings is 1. The fraction of sp³-hybridized carbons (Fsp3) is 0.800. The molecule has 1 unspecified atom stereocenters. The molecule has 0 aliphatic carbocycles. The third-order valence-electron chi connectivity index (χ3n) is 4.18. The molecule has 0 spiro atoms. The molecule has 6 nitrogen and oxygen atoms in total. The molecule has 1 aliphatic heterocycles. The molecule has 1 aliphatic rings. The number of hydrogen-bond acceptors (Lipinski definition) is 5. The zero-order valence-corrected chi connectivity index (χ0v) is 13.0. The second-order valence-corrected chi connectivity index (χ2v) is 6.00. The summed E-state index contributed by atoms with van der Waals surface area (Å²) >= 11 is 0. The lowest BCUT2D eigenvalue weighted by Gasteiger charge is -2.39. The molecule has 1 aromatic heterocycles. The Kier molecular flexibility index (Phi) is 5.33. The lowest BCUT2D eigenvalue weighted by atomic mass is 9.76. The molecule has 0 saturated carbocycles. The van der Waals surface area contributed by atoms with Gasteiger partial charge in [-0.15, -0.1) is 0 Å². The van der Waals surface area contributed by atoms with Crippen LogP contribution in [0.4, 0.5) is 0 Å². The topological polar surface area (TPSA) is 79.5 Å². The van der Waals surface area contributed by atoms with E-state index in [1.807, 2.05) is 6.92 Å². The normalized spacial score (nSPS) is 23.3. The third-order valence-corrected chi connectivity index (χ3v) is 4.18. The molecule has 2 heterocycles. The SMILES string of the molecule is CCCc1nc(CN2CCCC(CCC)(C(=O)O)C2)no1. The highest BCUT2D eigenvalue weighted by molar-refractivity contribution is 5.75. The Labute approximate surface area is 125 Å². The highest BCUT2D eigenvalue weighted by Gasteiger charge is 2.41. The van der Waals surface area contributed by atoms with Gasteiger partial charge >= 0.3 is 5.97 Å². The van der Waals surface area contributed by atoms with Crippen molar-refractivity contribution < 1.29 is 14.4 Å². The van der Waals surface area contributed by atoms with Gasteiger partial charge in [-0.05, 0) is 32.2 Å². The van der Waals surface area contributed by atoms with Crippen molar-refractivity contribution in [3.05, 3.63) is 11.7 Å². The summed E-state index contributed by atoms with van der Waals surface area (Å²) in [6, 6.07) is 0. The van der Waals surface area contributed by atoms with Gasteiger partial charge < -0.3 is 9.63 Å². The number of nitrogens with zero attached hydrogens (tertiary/aromatic N) is 3. The van der Waals surface area contributed by atoms with Crippen molar-refractivity contribution in [2.24, 2.45) is 5.41 Å². The summed E-state index contributed by atoms with van der Waals surface area (Å²) in [5, 5.41) is 13.6. The van der Waals surface area contributed by atoms with Crippen LogP contribution in [-0.2, 0) is 17.8 Å². The van der Waals surface area contributed by atoms with E-state index in [2.05, 4.69) is 22.0 Å². The molecule has 0 amide bonds. The number of aromatic nitrogens is 2. The summed E-state index contributed by atoms with van der Waals surface area (Å²) in [4.78, 5) is 18.2. The van der Waals surface area contributed by atoms with E-state index in [0.717, 1.165) is 45.1 Å². The van der Waals surface area contributed by atoms with Crippen molar-refractivity contribution in [2.75, 3.05) is 13.1 Å². The van der Waals surface area contributed by atoms with E-state index in [4.69, 9.17) is 4.52 Å². The monoisotopic (exact) mass is 295 g/mol. The largest absolute Gasteiger partial charge is 0.481 e. The maximum absolute atomic E-state index is 11.7. The van der Waals surface area contributed by atoms with E-state index in [1.165, 1.54) is 0 Å². The standard InChI is InChI=1S/C15H25N3O3/c1-3-6-13-16-12(17-21-13)10-18-9-5-8-15(11-18,7-4-2)14(19)20/h3-11H2,1-2H3,(H,19,20). The number of carboxylic acid groups (broad SMARTS) is 1. The van der Waals surface area contributed by atoms with Gasteiger partial charge in [-0.2, -0.15) is 4.98 Å².